The van der Waals surface area contributed by atoms with Crippen molar-refractivity contribution < 1.29 is 23.0 Å². The zero-order chi connectivity index (χ0) is 19.6. The van der Waals surface area contributed by atoms with Crippen LogP contribution in [0, 0.1) is 11.6 Å². The number of nitrogens with one attached hydrogen (secondary N) is 1. The molecule has 0 aliphatic rings. The maximum atomic E-state index is 13.8. The van der Waals surface area contributed by atoms with E-state index in [1.54, 1.807) is 12.3 Å². The number of esters is 1. The third kappa shape index (κ3) is 6.59. The molecule has 0 aliphatic heterocycles. The van der Waals surface area contributed by atoms with Crippen molar-refractivity contribution in [2.24, 2.45) is 5.10 Å². The first kappa shape index (κ1) is 20.8. The van der Waals surface area contributed by atoms with E-state index in [2.05, 4.69) is 15.5 Å². The fourth-order valence-electron chi connectivity index (χ4n) is 2.05. The lowest BCUT2D eigenvalue weighted by Crippen LogP contribution is -2.07. The summed E-state index contributed by atoms with van der Waals surface area (Å²) < 4.78 is 37.6. The molecule has 0 atom stereocenters. The van der Waals surface area contributed by atoms with Crippen LogP contribution in [0.25, 0.3) is 0 Å². The minimum absolute atomic E-state index is 0.0807. The lowest BCUT2D eigenvalue weighted by atomic mass is 10.2. The average molecular weight is 397 g/mol. The molecular weight excluding hydrogens is 376 g/mol. The molecule has 0 unspecified atom stereocenters. The molecule has 1 heterocycles. The van der Waals surface area contributed by atoms with E-state index in [-0.39, 0.29) is 18.1 Å². The summed E-state index contributed by atoms with van der Waals surface area (Å²) in [5.41, 5.74) is 3.60. The first-order valence-electron chi connectivity index (χ1n) is 8.54. The number of carbonyl (C=O) groups is 1. The van der Waals surface area contributed by atoms with Crippen molar-refractivity contribution >= 4 is 28.7 Å². The Morgan fingerprint density at radius 3 is 2.93 bits per heavy atom. The fourth-order valence-corrected chi connectivity index (χ4v) is 2.71. The van der Waals surface area contributed by atoms with Crippen molar-refractivity contribution in [1.29, 1.82) is 0 Å². The number of aromatic nitrogens is 1. The summed E-state index contributed by atoms with van der Waals surface area (Å²) >= 11 is 1.26. The molecule has 0 saturated heterocycles. The highest BCUT2D eigenvalue weighted by Gasteiger charge is 2.12. The molecule has 1 N–H and O–H groups in total. The van der Waals surface area contributed by atoms with Gasteiger partial charge in [0.25, 0.3) is 0 Å². The topological polar surface area (TPSA) is 72.8 Å². The molecular formula is C18H21F2N3O3S. The second-order valence-corrected chi connectivity index (χ2v) is 6.37. The van der Waals surface area contributed by atoms with Crippen molar-refractivity contribution in [2.45, 2.75) is 33.1 Å². The molecule has 0 bridgehead atoms. The quantitative estimate of drug-likeness (QED) is 0.282. The molecule has 0 saturated carbocycles. The Morgan fingerprint density at radius 1 is 1.37 bits per heavy atom. The Morgan fingerprint density at radius 2 is 2.19 bits per heavy atom. The summed E-state index contributed by atoms with van der Waals surface area (Å²) in [5, 5.41) is 6.14. The Hall–Kier alpha value is -2.55. The lowest BCUT2D eigenvalue weighted by molar-refractivity contribution is -0.142. The minimum Gasteiger partial charge on any atom is -0.490 e. The second-order valence-electron chi connectivity index (χ2n) is 5.51. The molecule has 146 valence electrons. The number of halogens is 2. The number of rotatable bonds is 10. The third-order valence-corrected chi connectivity index (χ3v) is 4.12. The normalized spacial score (nSPS) is 11.0. The Labute approximate surface area is 160 Å². The number of unbranched alkanes of at least 4 members (excludes halogenated alkanes) is 1. The first-order chi connectivity index (χ1) is 13.0. The van der Waals surface area contributed by atoms with Crippen LogP contribution in [0.4, 0.5) is 13.9 Å². The molecule has 27 heavy (non-hydrogen) atoms. The van der Waals surface area contributed by atoms with E-state index in [0.29, 0.717) is 29.6 Å². The number of nitrogens with zero attached hydrogens (tertiary/aromatic N) is 2. The van der Waals surface area contributed by atoms with Crippen LogP contribution in [0.15, 0.2) is 22.6 Å². The Kier molecular flexibility index (Phi) is 8.12. The van der Waals surface area contributed by atoms with Crippen LogP contribution in [0.2, 0.25) is 0 Å². The number of carbonyl (C=O) groups excluding carboxylic acids is 1. The number of thiazole rings is 1. The first-order valence-corrected chi connectivity index (χ1v) is 9.42. The van der Waals surface area contributed by atoms with Crippen LogP contribution in [0.1, 0.15) is 37.9 Å². The van der Waals surface area contributed by atoms with Crippen LogP contribution >= 0.6 is 11.3 Å². The predicted octanol–water partition coefficient (Wildman–Crippen LogP) is 4.15. The predicted molar refractivity (Wildman–Crippen MR) is 100 cm³/mol. The number of benzene rings is 1. The number of ether oxygens (including phenoxy) is 2. The van der Waals surface area contributed by atoms with Gasteiger partial charge in [-0.05, 0) is 25.5 Å². The summed E-state index contributed by atoms with van der Waals surface area (Å²) in [7, 11) is 0. The lowest BCUT2D eigenvalue weighted by Gasteiger charge is -2.08. The summed E-state index contributed by atoms with van der Waals surface area (Å²) in [4.78, 5) is 15.6. The average Bonchev–Trinajstić information content (AvgIpc) is 3.06. The van der Waals surface area contributed by atoms with E-state index in [1.807, 2.05) is 6.92 Å². The van der Waals surface area contributed by atoms with Crippen molar-refractivity contribution in [1.82, 2.24) is 4.98 Å². The molecule has 9 heteroatoms. The molecule has 0 radical (unpaired) electrons. The fraction of sp³-hybridized carbons (Fsp3) is 0.389. The minimum atomic E-state index is -1.01. The van der Waals surface area contributed by atoms with Gasteiger partial charge < -0.3 is 9.47 Å². The summed E-state index contributed by atoms with van der Waals surface area (Å²) in [5.74, 6) is -2.51. The van der Waals surface area contributed by atoms with E-state index in [0.717, 1.165) is 18.9 Å². The maximum absolute atomic E-state index is 13.8. The van der Waals surface area contributed by atoms with Gasteiger partial charge in [0.15, 0.2) is 11.6 Å². The van der Waals surface area contributed by atoms with Gasteiger partial charge in [-0.1, -0.05) is 13.3 Å². The molecule has 0 aliphatic carbocycles. The van der Waals surface area contributed by atoms with Crippen molar-refractivity contribution in [3.63, 3.8) is 0 Å². The summed E-state index contributed by atoms with van der Waals surface area (Å²) in [6.45, 7) is 4.34. The van der Waals surface area contributed by atoms with Crippen LogP contribution in [0.5, 0.6) is 5.75 Å². The van der Waals surface area contributed by atoms with E-state index in [9.17, 15) is 13.6 Å². The summed E-state index contributed by atoms with van der Waals surface area (Å²) in [6, 6.07) is 2.41. The van der Waals surface area contributed by atoms with Gasteiger partial charge in [-0.2, -0.15) is 9.49 Å². The van der Waals surface area contributed by atoms with E-state index in [4.69, 9.17) is 9.47 Å². The smallest absolute Gasteiger partial charge is 0.311 e. The van der Waals surface area contributed by atoms with Gasteiger partial charge in [0, 0.05) is 10.9 Å². The molecule has 2 aromatic rings. The van der Waals surface area contributed by atoms with E-state index >= 15 is 0 Å². The van der Waals surface area contributed by atoms with Gasteiger partial charge in [-0.15, -0.1) is 11.3 Å². The van der Waals surface area contributed by atoms with Gasteiger partial charge in [0.1, 0.15) is 0 Å². The molecule has 6 nitrogen and oxygen atoms in total. The van der Waals surface area contributed by atoms with Crippen LogP contribution in [0.3, 0.4) is 0 Å². The zero-order valence-electron chi connectivity index (χ0n) is 15.1. The number of hydrogen-bond acceptors (Lipinski definition) is 7. The van der Waals surface area contributed by atoms with Gasteiger partial charge in [0.05, 0.1) is 31.5 Å². The number of hydrogen-bond donors (Lipinski definition) is 1. The standard InChI is InChI=1S/C18H21F2N3O3S/c1-3-5-6-26-15-8-12(7-14(19)17(15)20)10-21-23-18-22-13(11-27-18)9-16(24)25-4-2/h7-8,10-11H,3-6,9H2,1-2H3,(H,22,23). The zero-order valence-corrected chi connectivity index (χ0v) is 15.9. The number of hydrazone groups is 1. The molecule has 1 aromatic heterocycles. The molecule has 1 aromatic carbocycles. The highest BCUT2D eigenvalue weighted by atomic mass is 32.1. The molecule has 0 amide bonds. The van der Waals surface area contributed by atoms with Crippen LogP contribution < -0.4 is 10.2 Å². The largest absolute Gasteiger partial charge is 0.490 e. The van der Waals surface area contributed by atoms with Gasteiger partial charge in [0.2, 0.25) is 10.9 Å². The molecule has 0 fully saturated rings. The Balaban J connectivity index is 1.97. The monoisotopic (exact) mass is 397 g/mol. The summed E-state index contributed by atoms with van der Waals surface area (Å²) in [6.07, 6.45) is 3.05. The van der Waals surface area contributed by atoms with Gasteiger partial charge >= 0.3 is 5.97 Å². The van der Waals surface area contributed by atoms with Crippen molar-refractivity contribution in [3.05, 3.63) is 40.4 Å². The van der Waals surface area contributed by atoms with Crippen molar-refractivity contribution in [3.8, 4) is 5.75 Å². The molecule has 2 rings (SSSR count). The van der Waals surface area contributed by atoms with Gasteiger partial charge in [-0.25, -0.2) is 9.37 Å². The SMILES string of the molecule is CCCCOc1cc(C=NNc2nc(CC(=O)OCC)cs2)cc(F)c1F. The third-order valence-electron chi connectivity index (χ3n) is 3.33. The van der Waals surface area contributed by atoms with Gasteiger partial charge in [-0.3, -0.25) is 10.2 Å². The highest BCUT2D eigenvalue weighted by molar-refractivity contribution is 7.13. The van der Waals surface area contributed by atoms with Crippen molar-refractivity contribution in [2.75, 3.05) is 18.6 Å². The Bertz CT molecular complexity index is 796. The molecule has 0 spiro atoms. The number of anilines is 1. The maximum Gasteiger partial charge on any atom is 0.311 e. The van der Waals surface area contributed by atoms with E-state index in [1.165, 1.54) is 23.6 Å². The van der Waals surface area contributed by atoms with Crippen LogP contribution in [-0.4, -0.2) is 30.4 Å². The highest BCUT2D eigenvalue weighted by Crippen LogP contribution is 2.22. The van der Waals surface area contributed by atoms with Crippen LogP contribution in [-0.2, 0) is 16.0 Å². The van der Waals surface area contributed by atoms with E-state index < -0.39 is 11.6 Å². The second kappa shape index (κ2) is 10.6.